The van der Waals surface area contributed by atoms with Crippen molar-refractivity contribution in [2.24, 2.45) is 0 Å². The van der Waals surface area contributed by atoms with E-state index in [-0.39, 0.29) is 5.41 Å². The summed E-state index contributed by atoms with van der Waals surface area (Å²) in [4.78, 5) is 9.92. The number of thiophene rings is 1. The van der Waals surface area contributed by atoms with Crippen LogP contribution in [0.2, 0.25) is 0 Å². The number of fused-ring (bicyclic) bond motifs is 9. The Bertz CT molecular complexity index is 1550. The van der Waals surface area contributed by atoms with Gasteiger partial charge in [-0.2, -0.15) is 0 Å². The molecular formula is C24H19N3S. The summed E-state index contributed by atoms with van der Waals surface area (Å²) in [5.41, 5.74) is 5.33. The molecule has 0 atom stereocenters. The van der Waals surface area contributed by atoms with E-state index < -0.39 is 0 Å². The van der Waals surface area contributed by atoms with Crippen LogP contribution in [-0.2, 0) is 5.41 Å². The predicted octanol–water partition coefficient (Wildman–Crippen LogP) is 6.70. The van der Waals surface area contributed by atoms with Gasteiger partial charge >= 0.3 is 0 Å². The minimum absolute atomic E-state index is 0.0300. The molecule has 4 aromatic heterocycles. The molecule has 0 fully saturated rings. The van der Waals surface area contributed by atoms with Crippen LogP contribution in [0.5, 0.6) is 0 Å². The van der Waals surface area contributed by atoms with Crippen LogP contribution < -0.4 is 0 Å². The van der Waals surface area contributed by atoms with E-state index in [9.17, 15) is 0 Å². The van der Waals surface area contributed by atoms with Gasteiger partial charge in [-0.3, -0.25) is 9.38 Å². The van der Waals surface area contributed by atoms with E-state index >= 15 is 0 Å². The molecule has 4 heteroatoms. The number of rotatable bonds is 0. The summed E-state index contributed by atoms with van der Waals surface area (Å²) in [5.74, 6) is 0. The summed E-state index contributed by atoms with van der Waals surface area (Å²) < 4.78 is 4.85. The third-order valence-electron chi connectivity index (χ3n) is 5.51. The zero-order valence-electron chi connectivity index (χ0n) is 16.0. The maximum absolute atomic E-state index is 5.00. The monoisotopic (exact) mass is 381 g/mol. The van der Waals surface area contributed by atoms with Crippen LogP contribution in [0.3, 0.4) is 0 Å². The molecule has 0 aliphatic carbocycles. The number of nitrogens with zero attached hydrogens (tertiary/aromatic N) is 3. The Labute approximate surface area is 166 Å². The third-order valence-corrected chi connectivity index (χ3v) is 6.64. The molecule has 136 valence electrons. The van der Waals surface area contributed by atoms with Crippen molar-refractivity contribution in [3.05, 3.63) is 66.5 Å². The minimum atomic E-state index is 0.0300. The molecule has 4 heterocycles. The average molecular weight is 382 g/mol. The summed E-state index contributed by atoms with van der Waals surface area (Å²) in [5, 5.41) is 3.69. The number of pyridine rings is 2. The van der Waals surface area contributed by atoms with Gasteiger partial charge in [0.15, 0.2) is 0 Å². The molecular weight excluding hydrogens is 362 g/mol. The molecule has 0 N–H and O–H groups in total. The Balaban J connectivity index is 1.78. The highest BCUT2D eigenvalue weighted by molar-refractivity contribution is 7.26. The second kappa shape index (κ2) is 5.30. The molecule has 6 rings (SSSR count). The Morgan fingerprint density at radius 3 is 2.50 bits per heavy atom. The Kier molecular flexibility index (Phi) is 3.03. The molecule has 0 saturated carbocycles. The van der Waals surface area contributed by atoms with Crippen molar-refractivity contribution in [1.82, 2.24) is 14.4 Å². The molecule has 0 aliphatic rings. The molecule has 6 aromatic rings. The van der Waals surface area contributed by atoms with Crippen LogP contribution >= 0.6 is 11.3 Å². The van der Waals surface area contributed by atoms with E-state index in [1.165, 1.54) is 25.7 Å². The molecule has 2 aromatic carbocycles. The van der Waals surface area contributed by atoms with Gasteiger partial charge in [-0.05, 0) is 36.4 Å². The fraction of sp³-hybridized carbons (Fsp3) is 0.167. The summed E-state index contributed by atoms with van der Waals surface area (Å²) >= 11 is 1.84. The topological polar surface area (TPSA) is 30.2 Å². The zero-order valence-corrected chi connectivity index (χ0v) is 16.8. The molecule has 28 heavy (non-hydrogen) atoms. The van der Waals surface area contributed by atoms with Gasteiger partial charge < -0.3 is 0 Å². The first kappa shape index (κ1) is 16.0. The van der Waals surface area contributed by atoms with Gasteiger partial charge in [0.25, 0.3) is 0 Å². The standard InChI is InChI=1S/C24H19N3S/c1-24(2,3)20-11-8-14-16(25-20)12-13-27-22-17(26-23(14)27)9-10-19-21(22)15-6-4-5-7-18(15)28-19/h4-13H,1-3H3. The van der Waals surface area contributed by atoms with E-state index in [4.69, 9.17) is 9.97 Å². The van der Waals surface area contributed by atoms with Crippen LogP contribution in [-0.4, -0.2) is 14.4 Å². The number of hydrogen-bond donors (Lipinski definition) is 0. The lowest BCUT2D eigenvalue weighted by Gasteiger charge is -2.18. The molecule has 0 bridgehead atoms. The predicted molar refractivity (Wildman–Crippen MR) is 120 cm³/mol. The average Bonchev–Trinajstić information content (AvgIpc) is 3.24. The van der Waals surface area contributed by atoms with Gasteiger partial charge in [0.05, 0.1) is 16.6 Å². The zero-order chi connectivity index (χ0) is 19.0. The van der Waals surface area contributed by atoms with E-state index in [0.717, 1.165) is 27.8 Å². The van der Waals surface area contributed by atoms with Gasteiger partial charge in [-0.15, -0.1) is 11.3 Å². The normalized spacial score (nSPS) is 12.8. The van der Waals surface area contributed by atoms with Crippen LogP contribution in [0.25, 0.3) is 47.8 Å². The van der Waals surface area contributed by atoms with Crippen molar-refractivity contribution in [3.8, 4) is 0 Å². The molecule has 0 radical (unpaired) electrons. The molecule has 0 amide bonds. The summed E-state index contributed by atoms with van der Waals surface area (Å²) in [7, 11) is 0. The van der Waals surface area contributed by atoms with Crippen molar-refractivity contribution in [3.63, 3.8) is 0 Å². The lowest BCUT2D eigenvalue weighted by Crippen LogP contribution is -2.13. The van der Waals surface area contributed by atoms with Crippen molar-refractivity contribution in [1.29, 1.82) is 0 Å². The molecule has 0 saturated heterocycles. The maximum Gasteiger partial charge on any atom is 0.147 e. The summed E-state index contributed by atoms with van der Waals surface area (Å²) in [6.45, 7) is 6.59. The fourth-order valence-corrected chi connectivity index (χ4v) is 5.19. The highest BCUT2D eigenvalue weighted by Gasteiger charge is 2.18. The smallest absolute Gasteiger partial charge is 0.147 e. The van der Waals surface area contributed by atoms with E-state index in [2.05, 4.69) is 86.0 Å². The summed E-state index contributed by atoms with van der Waals surface area (Å²) in [6.07, 6.45) is 2.12. The number of benzene rings is 2. The minimum Gasteiger partial charge on any atom is -0.298 e. The van der Waals surface area contributed by atoms with E-state index in [0.29, 0.717) is 0 Å². The largest absolute Gasteiger partial charge is 0.298 e. The quantitative estimate of drug-likeness (QED) is 0.293. The second-order valence-corrected chi connectivity index (χ2v) is 9.49. The van der Waals surface area contributed by atoms with Crippen molar-refractivity contribution in [2.45, 2.75) is 26.2 Å². The summed E-state index contributed by atoms with van der Waals surface area (Å²) in [6, 6.07) is 19.4. The highest BCUT2D eigenvalue weighted by Crippen LogP contribution is 2.39. The number of aromatic nitrogens is 3. The molecule has 0 spiro atoms. The van der Waals surface area contributed by atoms with E-state index in [1.54, 1.807) is 0 Å². The number of hydrogen-bond acceptors (Lipinski definition) is 3. The Morgan fingerprint density at radius 1 is 0.786 bits per heavy atom. The third kappa shape index (κ3) is 2.09. The van der Waals surface area contributed by atoms with Crippen LogP contribution in [0.4, 0.5) is 0 Å². The maximum atomic E-state index is 5.00. The van der Waals surface area contributed by atoms with Crippen molar-refractivity contribution < 1.29 is 0 Å². The van der Waals surface area contributed by atoms with E-state index in [1.807, 2.05) is 11.3 Å². The first-order valence-electron chi connectivity index (χ1n) is 9.53. The van der Waals surface area contributed by atoms with Gasteiger partial charge in [0.1, 0.15) is 5.65 Å². The fourth-order valence-electron chi connectivity index (χ4n) is 4.08. The van der Waals surface area contributed by atoms with Crippen molar-refractivity contribution >= 4 is 59.1 Å². The highest BCUT2D eigenvalue weighted by atomic mass is 32.1. The molecule has 0 unspecified atom stereocenters. The SMILES string of the molecule is CC(C)(C)c1ccc2c(ccn3c2nc2ccc4sc5ccccc5c4c23)n1. The van der Waals surface area contributed by atoms with Gasteiger partial charge in [-0.1, -0.05) is 39.0 Å². The van der Waals surface area contributed by atoms with Gasteiger partial charge in [-0.25, -0.2) is 4.98 Å². The lowest BCUT2D eigenvalue weighted by molar-refractivity contribution is 0.571. The van der Waals surface area contributed by atoms with Crippen molar-refractivity contribution in [2.75, 3.05) is 0 Å². The first-order chi connectivity index (χ1) is 13.5. The number of imidazole rings is 1. The van der Waals surface area contributed by atoms with Crippen LogP contribution in [0.1, 0.15) is 26.5 Å². The Hall–Kier alpha value is -2.98. The molecule has 3 nitrogen and oxygen atoms in total. The first-order valence-corrected chi connectivity index (χ1v) is 10.3. The van der Waals surface area contributed by atoms with Crippen LogP contribution in [0, 0.1) is 0 Å². The Morgan fingerprint density at radius 2 is 1.64 bits per heavy atom. The lowest BCUT2D eigenvalue weighted by atomic mass is 9.91. The van der Waals surface area contributed by atoms with Gasteiger partial charge in [0.2, 0.25) is 0 Å². The molecule has 0 aliphatic heterocycles. The second-order valence-electron chi connectivity index (χ2n) is 8.41. The van der Waals surface area contributed by atoms with Crippen LogP contribution in [0.15, 0.2) is 60.8 Å². The van der Waals surface area contributed by atoms with Gasteiger partial charge in [0, 0.05) is 42.9 Å².